The average molecular weight is 358 g/mol. The number of amides is 1. The molecule has 0 saturated heterocycles. The Balaban J connectivity index is 1.57. The molecule has 3 aromatic rings. The number of aryl methyl sites for hydroxylation is 2. The number of H-pyrrole nitrogens is 1. The number of benzene rings is 1. The molecule has 1 amide bonds. The molecule has 0 radical (unpaired) electrons. The summed E-state index contributed by atoms with van der Waals surface area (Å²) < 4.78 is 1.81. The van der Waals surface area contributed by atoms with Crippen molar-refractivity contribution in [2.45, 2.75) is 25.4 Å². The van der Waals surface area contributed by atoms with Crippen LogP contribution in [0.4, 0.5) is 0 Å². The second-order valence-corrected chi connectivity index (χ2v) is 6.88. The Morgan fingerprint density at radius 2 is 2.24 bits per heavy atom. The van der Waals surface area contributed by atoms with E-state index in [-0.39, 0.29) is 5.91 Å². The van der Waals surface area contributed by atoms with Gasteiger partial charge < -0.3 is 14.5 Å². The number of carbonyl (C=O) groups excluding carboxylic acids is 1. The summed E-state index contributed by atoms with van der Waals surface area (Å²) >= 11 is 1.41. The summed E-state index contributed by atoms with van der Waals surface area (Å²) in [4.78, 5) is 22.2. The highest BCUT2D eigenvalue weighted by Gasteiger charge is 2.14. The Kier molecular flexibility index (Phi) is 5.37. The molecule has 0 spiro atoms. The third-order valence-electron chi connectivity index (χ3n) is 4.03. The molecule has 3 rings (SSSR count). The van der Waals surface area contributed by atoms with Gasteiger partial charge in [-0.1, -0.05) is 17.8 Å². The number of hydrogen-bond acceptors (Lipinski definition) is 5. The van der Waals surface area contributed by atoms with Gasteiger partial charge in [0.25, 0.3) is 0 Å². The van der Waals surface area contributed by atoms with Gasteiger partial charge in [-0.3, -0.25) is 4.79 Å². The predicted octanol–water partition coefficient (Wildman–Crippen LogP) is 2.18. The number of nitrogens with one attached hydrogen (secondary N) is 1. The maximum Gasteiger partial charge on any atom is 0.233 e. The minimum atomic E-state index is 0.0995. The second-order valence-electron chi connectivity index (χ2n) is 5.94. The van der Waals surface area contributed by atoms with Crippen LogP contribution in [0.2, 0.25) is 0 Å². The highest BCUT2D eigenvalue weighted by Crippen LogP contribution is 2.15. The van der Waals surface area contributed by atoms with Gasteiger partial charge in [0.1, 0.15) is 12.2 Å². The summed E-state index contributed by atoms with van der Waals surface area (Å²) in [5, 5.41) is 8.56. The van der Waals surface area contributed by atoms with Crippen LogP contribution in [0.25, 0.3) is 11.0 Å². The number of aromatic nitrogens is 5. The first-order chi connectivity index (χ1) is 12.1. The standard InChI is InChI=1S/C17H22N6OS/c1-4-23(16(24)10-25-17-21-18-11-22(17)3)8-7-15-19-13-6-5-12(2)9-14(13)20-15/h5-6,9,11H,4,7-8,10H2,1-3H3,(H,19,20). The van der Waals surface area contributed by atoms with E-state index in [2.05, 4.69) is 39.2 Å². The number of nitrogens with zero attached hydrogens (tertiary/aromatic N) is 5. The highest BCUT2D eigenvalue weighted by molar-refractivity contribution is 7.99. The first-order valence-corrected chi connectivity index (χ1v) is 9.25. The van der Waals surface area contributed by atoms with Crippen LogP contribution in [-0.2, 0) is 18.3 Å². The third kappa shape index (κ3) is 4.19. The Morgan fingerprint density at radius 1 is 1.40 bits per heavy atom. The first kappa shape index (κ1) is 17.5. The van der Waals surface area contributed by atoms with E-state index in [0.717, 1.165) is 22.0 Å². The van der Waals surface area contributed by atoms with Crippen molar-refractivity contribution in [1.82, 2.24) is 29.6 Å². The van der Waals surface area contributed by atoms with Crippen molar-refractivity contribution in [2.24, 2.45) is 7.05 Å². The van der Waals surface area contributed by atoms with Crippen LogP contribution in [0.15, 0.2) is 29.7 Å². The molecule has 2 aromatic heterocycles. The van der Waals surface area contributed by atoms with Crippen molar-refractivity contribution in [1.29, 1.82) is 0 Å². The van der Waals surface area contributed by atoms with Crippen LogP contribution in [0.3, 0.4) is 0 Å². The molecule has 0 unspecified atom stereocenters. The quantitative estimate of drug-likeness (QED) is 0.655. The second kappa shape index (κ2) is 7.69. The topological polar surface area (TPSA) is 79.7 Å². The van der Waals surface area contributed by atoms with Crippen molar-refractivity contribution >= 4 is 28.7 Å². The third-order valence-corrected chi connectivity index (χ3v) is 5.05. The molecular formula is C17H22N6OS. The molecule has 0 bridgehead atoms. The minimum absolute atomic E-state index is 0.0995. The average Bonchev–Trinajstić information content (AvgIpc) is 3.18. The predicted molar refractivity (Wildman–Crippen MR) is 98.5 cm³/mol. The fraction of sp³-hybridized carbons (Fsp3) is 0.412. The lowest BCUT2D eigenvalue weighted by atomic mass is 10.2. The summed E-state index contributed by atoms with van der Waals surface area (Å²) in [7, 11) is 1.87. The Bertz CT molecular complexity index is 871. The van der Waals surface area contributed by atoms with E-state index in [1.807, 2.05) is 29.5 Å². The number of thioether (sulfide) groups is 1. The van der Waals surface area contributed by atoms with E-state index >= 15 is 0 Å². The van der Waals surface area contributed by atoms with Gasteiger partial charge in [0.05, 0.1) is 16.8 Å². The molecule has 1 N–H and O–H groups in total. The lowest BCUT2D eigenvalue weighted by Crippen LogP contribution is -2.34. The fourth-order valence-electron chi connectivity index (χ4n) is 2.62. The van der Waals surface area contributed by atoms with E-state index in [1.165, 1.54) is 17.3 Å². The van der Waals surface area contributed by atoms with Crippen LogP contribution < -0.4 is 0 Å². The molecule has 2 heterocycles. The van der Waals surface area contributed by atoms with E-state index < -0.39 is 0 Å². The normalized spacial score (nSPS) is 11.2. The zero-order valence-electron chi connectivity index (χ0n) is 14.7. The fourth-order valence-corrected chi connectivity index (χ4v) is 3.41. The number of aromatic amines is 1. The summed E-state index contributed by atoms with van der Waals surface area (Å²) in [6.45, 7) is 5.38. The van der Waals surface area contributed by atoms with Gasteiger partial charge in [-0.15, -0.1) is 10.2 Å². The number of rotatable bonds is 7. The van der Waals surface area contributed by atoms with Crippen molar-refractivity contribution in [3.63, 3.8) is 0 Å². The van der Waals surface area contributed by atoms with Gasteiger partial charge in [0, 0.05) is 26.6 Å². The van der Waals surface area contributed by atoms with E-state index in [1.54, 1.807) is 6.33 Å². The minimum Gasteiger partial charge on any atom is -0.342 e. The van der Waals surface area contributed by atoms with Gasteiger partial charge in [-0.05, 0) is 31.5 Å². The molecule has 25 heavy (non-hydrogen) atoms. The molecule has 8 heteroatoms. The number of hydrogen-bond donors (Lipinski definition) is 1. The van der Waals surface area contributed by atoms with Crippen molar-refractivity contribution in [3.05, 3.63) is 35.9 Å². The zero-order valence-corrected chi connectivity index (χ0v) is 15.5. The summed E-state index contributed by atoms with van der Waals surface area (Å²) in [5.74, 6) is 1.37. The highest BCUT2D eigenvalue weighted by atomic mass is 32.2. The van der Waals surface area contributed by atoms with Gasteiger partial charge in [-0.25, -0.2) is 4.98 Å². The molecule has 132 valence electrons. The largest absolute Gasteiger partial charge is 0.342 e. The van der Waals surface area contributed by atoms with Crippen LogP contribution in [-0.4, -0.2) is 54.4 Å². The summed E-state index contributed by atoms with van der Waals surface area (Å²) in [6, 6.07) is 6.16. The van der Waals surface area contributed by atoms with Crippen LogP contribution >= 0.6 is 11.8 Å². The van der Waals surface area contributed by atoms with Crippen molar-refractivity contribution < 1.29 is 4.79 Å². The van der Waals surface area contributed by atoms with Crippen LogP contribution in [0, 0.1) is 6.92 Å². The number of imidazole rings is 1. The molecule has 0 atom stereocenters. The number of likely N-dealkylation sites (N-methyl/N-ethyl adjacent to an activating group) is 1. The zero-order chi connectivity index (χ0) is 17.8. The van der Waals surface area contributed by atoms with Gasteiger partial charge in [0.2, 0.25) is 5.91 Å². The summed E-state index contributed by atoms with van der Waals surface area (Å²) in [5.41, 5.74) is 3.21. The smallest absolute Gasteiger partial charge is 0.233 e. The maximum atomic E-state index is 12.4. The van der Waals surface area contributed by atoms with Gasteiger partial charge in [0.15, 0.2) is 5.16 Å². The molecule has 0 fully saturated rings. The lowest BCUT2D eigenvalue weighted by molar-refractivity contribution is -0.128. The number of fused-ring (bicyclic) bond motifs is 1. The van der Waals surface area contributed by atoms with Gasteiger partial charge in [-0.2, -0.15) is 0 Å². The Labute approximate surface area is 150 Å². The van der Waals surface area contributed by atoms with Crippen LogP contribution in [0.5, 0.6) is 0 Å². The molecule has 0 aliphatic carbocycles. The Morgan fingerprint density at radius 3 is 2.96 bits per heavy atom. The Hall–Kier alpha value is -2.35. The molecule has 0 aliphatic rings. The summed E-state index contributed by atoms with van der Waals surface area (Å²) in [6.07, 6.45) is 2.34. The monoisotopic (exact) mass is 358 g/mol. The molecule has 0 aliphatic heterocycles. The molecule has 0 saturated carbocycles. The van der Waals surface area contributed by atoms with Crippen molar-refractivity contribution in [2.75, 3.05) is 18.8 Å². The first-order valence-electron chi connectivity index (χ1n) is 8.26. The SMILES string of the molecule is CCN(CCc1nc2ccc(C)cc2[nH]1)C(=O)CSc1nncn1C. The molecule has 7 nitrogen and oxygen atoms in total. The van der Waals surface area contributed by atoms with E-state index in [9.17, 15) is 4.79 Å². The maximum absolute atomic E-state index is 12.4. The van der Waals surface area contributed by atoms with Gasteiger partial charge >= 0.3 is 0 Å². The van der Waals surface area contributed by atoms with Crippen LogP contribution in [0.1, 0.15) is 18.3 Å². The van der Waals surface area contributed by atoms with Crippen molar-refractivity contribution in [3.8, 4) is 0 Å². The van der Waals surface area contributed by atoms with E-state index in [0.29, 0.717) is 25.3 Å². The molecule has 1 aromatic carbocycles. The lowest BCUT2D eigenvalue weighted by Gasteiger charge is -2.20. The number of carbonyl (C=O) groups is 1. The molecular weight excluding hydrogens is 336 g/mol. The van der Waals surface area contributed by atoms with E-state index in [4.69, 9.17) is 0 Å².